The Labute approximate surface area is 106 Å². The van der Waals surface area contributed by atoms with Crippen molar-refractivity contribution in [3.05, 3.63) is 52.3 Å². The molecule has 1 aromatic carbocycles. The fraction of sp³-hybridized carbons (Fsp3) is 0.214. The van der Waals surface area contributed by atoms with Crippen molar-refractivity contribution in [3.63, 3.8) is 0 Å². The fourth-order valence-electron chi connectivity index (χ4n) is 2.07. The molecule has 1 radical (unpaired) electrons. The van der Waals surface area contributed by atoms with Gasteiger partial charge < -0.3 is 4.57 Å². The molecule has 0 spiro atoms. The summed E-state index contributed by atoms with van der Waals surface area (Å²) < 4.78 is 2.11. The molecule has 1 aromatic heterocycles. The summed E-state index contributed by atoms with van der Waals surface area (Å²) in [5.74, 6) is 0. The first-order valence-electron chi connectivity index (χ1n) is 5.42. The van der Waals surface area contributed by atoms with Crippen LogP contribution in [0.1, 0.15) is 17.0 Å². The van der Waals surface area contributed by atoms with E-state index in [9.17, 15) is 4.79 Å². The van der Waals surface area contributed by atoms with Gasteiger partial charge in [0, 0.05) is 28.5 Å². The third kappa shape index (κ3) is 2.27. The van der Waals surface area contributed by atoms with Crippen molar-refractivity contribution >= 4 is 17.9 Å². The van der Waals surface area contributed by atoms with E-state index in [1.165, 1.54) is 0 Å². The summed E-state index contributed by atoms with van der Waals surface area (Å²) in [6, 6.07) is 9.69. The molecule has 17 heavy (non-hydrogen) atoms. The number of hydrogen-bond acceptors (Lipinski definition) is 1. The summed E-state index contributed by atoms with van der Waals surface area (Å²) in [5, 5.41) is 0.720. The van der Waals surface area contributed by atoms with Crippen molar-refractivity contribution in [3.8, 4) is 5.69 Å². The van der Waals surface area contributed by atoms with Gasteiger partial charge in [0.1, 0.15) is 0 Å². The predicted molar refractivity (Wildman–Crippen MR) is 69.7 cm³/mol. The van der Waals surface area contributed by atoms with E-state index in [0.717, 1.165) is 27.7 Å². The molecular weight excluding hydrogens is 234 g/mol. The molecule has 0 aliphatic carbocycles. The standard InChI is InChI=1S/C14H13ClNO/c1-10-9-12(7-8-17)11(2)16(10)14-5-3-13(15)4-6-14/h3-6,9H,7H2,1-2H3. The number of carbonyl (C=O) groups excluding carboxylic acids is 1. The van der Waals surface area contributed by atoms with Crippen LogP contribution in [0.25, 0.3) is 5.69 Å². The maximum absolute atomic E-state index is 10.5. The zero-order valence-electron chi connectivity index (χ0n) is 9.83. The van der Waals surface area contributed by atoms with Gasteiger partial charge in [-0.15, -0.1) is 0 Å². The van der Waals surface area contributed by atoms with Gasteiger partial charge >= 0.3 is 0 Å². The van der Waals surface area contributed by atoms with E-state index in [0.29, 0.717) is 6.42 Å². The smallest absolute Gasteiger partial charge is 0.203 e. The lowest BCUT2D eigenvalue weighted by molar-refractivity contribution is 0.555. The highest BCUT2D eigenvalue weighted by Gasteiger charge is 2.10. The molecule has 0 aliphatic rings. The van der Waals surface area contributed by atoms with Crippen LogP contribution in [0.2, 0.25) is 5.02 Å². The minimum atomic E-state index is 0.341. The lowest BCUT2D eigenvalue weighted by Crippen LogP contribution is -1.99. The Hall–Kier alpha value is -1.54. The summed E-state index contributed by atoms with van der Waals surface area (Å²) in [4.78, 5) is 10.5. The first-order chi connectivity index (χ1) is 8.13. The van der Waals surface area contributed by atoms with Gasteiger partial charge in [-0.2, -0.15) is 0 Å². The van der Waals surface area contributed by atoms with Gasteiger partial charge in [-0.3, -0.25) is 4.79 Å². The first kappa shape index (κ1) is 11.9. The average molecular weight is 247 g/mol. The Morgan fingerprint density at radius 3 is 2.47 bits per heavy atom. The van der Waals surface area contributed by atoms with Gasteiger partial charge in [0.15, 0.2) is 0 Å². The Balaban J connectivity index is 2.51. The number of aromatic nitrogens is 1. The molecule has 0 N–H and O–H groups in total. The zero-order chi connectivity index (χ0) is 12.4. The zero-order valence-corrected chi connectivity index (χ0v) is 10.6. The summed E-state index contributed by atoms with van der Waals surface area (Å²) in [5.41, 5.74) is 4.26. The van der Waals surface area contributed by atoms with E-state index in [1.54, 1.807) is 0 Å². The minimum Gasteiger partial charge on any atom is -0.318 e. The van der Waals surface area contributed by atoms with Crippen molar-refractivity contribution in [1.82, 2.24) is 4.57 Å². The first-order valence-corrected chi connectivity index (χ1v) is 5.80. The van der Waals surface area contributed by atoms with Gasteiger partial charge in [-0.1, -0.05) is 11.6 Å². The molecule has 3 heteroatoms. The molecule has 0 fully saturated rings. The third-order valence-corrected chi connectivity index (χ3v) is 3.14. The van der Waals surface area contributed by atoms with Crippen molar-refractivity contribution in [1.29, 1.82) is 0 Å². The van der Waals surface area contributed by atoms with Crippen LogP contribution in [0.5, 0.6) is 0 Å². The molecule has 0 unspecified atom stereocenters. The van der Waals surface area contributed by atoms with E-state index in [1.807, 2.05) is 50.5 Å². The van der Waals surface area contributed by atoms with Crippen molar-refractivity contribution in [2.75, 3.05) is 0 Å². The Bertz CT molecular complexity index is 540. The van der Waals surface area contributed by atoms with Crippen LogP contribution >= 0.6 is 11.6 Å². The van der Waals surface area contributed by atoms with E-state index in [4.69, 9.17) is 11.6 Å². The Kier molecular flexibility index (Phi) is 3.34. The molecule has 0 saturated carbocycles. The summed E-state index contributed by atoms with van der Waals surface area (Å²) >= 11 is 5.87. The monoisotopic (exact) mass is 246 g/mol. The molecule has 2 aromatic rings. The molecule has 0 amide bonds. The highest BCUT2D eigenvalue weighted by Crippen LogP contribution is 2.22. The number of rotatable bonds is 3. The quantitative estimate of drug-likeness (QED) is 0.814. The van der Waals surface area contributed by atoms with Crippen molar-refractivity contribution in [2.24, 2.45) is 0 Å². The molecular formula is C14H13ClNO. The Morgan fingerprint density at radius 2 is 1.88 bits per heavy atom. The van der Waals surface area contributed by atoms with E-state index in [2.05, 4.69) is 4.57 Å². The van der Waals surface area contributed by atoms with Gasteiger partial charge in [-0.25, -0.2) is 0 Å². The summed E-state index contributed by atoms with van der Waals surface area (Å²) in [6.07, 6.45) is 2.28. The molecule has 2 rings (SSSR count). The largest absolute Gasteiger partial charge is 0.318 e. The highest BCUT2D eigenvalue weighted by atomic mass is 35.5. The second kappa shape index (κ2) is 4.76. The molecule has 2 nitrogen and oxygen atoms in total. The van der Waals surface area contributed by atoms with Crippen LogP contribution in [-0.2, 0) is 11.2 Å². The fourth-order valence-corrected chi connectivity index (χ4v) is 2.20. The maximum Gasteiger partial charge on any atom is 0.203 e. The van der Waals surface area contributed by atoms with E-state index < -0.39 is 0 Å². The average Bonchev–Trinajstić information content (AvgIpc) is 2.57. The van der Waals surface area contributed by atoms with E-state index in [-0.39, 0.29) is 0 Å². The Morgan fingerprint density at radius 1 is 1.24 bits per heavy atom. The molecule has 87 valence electrons. The van der Waals surface area contributed by atoms with Gasteiger partial charge in [0.2, 0.25) is 6.29 Å². The predicted octanol–water partition coefficient (Wildman–Crippen LogP) is 3.40. The van der Waals surface area contributed by atoms with Crippen molar-refractivity contribution in [2.45, 2.75) is 20.3 Å². The van der Waals surface area contributed by atoms with Gasteiger partial charge in [-0.05, 0) is 49.7 Å². The van der Waals surface area contributed by atoms with Crippen LogP contribution in [0, 0.1) is 13.8 Å². The highest BCUT2D eigenvalue weighted by molar-refractivity contribution is 6.30. The number of hydrogen-bond donors (Lipinski definition) is 0. The topological polar surface area (TPSA) is 22.0 Å². The minimum absolute atomic E-state index is 0.341. The number of aryl methyl sites for hydroxylation is 1. The summed E-state index contributed by atoms with van der Waals surface area (Å²) in [7, 11) is 0. The second-order valence-electron chi connectivity index (χ2n) is 4.03. The maximum atomic E-state index is 10.5. The van der Waals surface area contributed by atoms with Crippen LogP contribution in [0.15, 0.2) is 30.3 Å². The molecule has 0 atom stereocenters. The summed E-state index contributed by atoms with van der Waals surface area (Å²) in [6.45, 7) is 4.03. The third-order valence-electron chi connectivity index (χ3n) is 2.88. The lowest BCUT2D eigenvalue weighted by Gasteiger charge is -2.09. The van der Waals surface area contributed by atoms with Gasteiger partial charge in [0.05, 0.1) is 0 Å². The SMILES string of the molecule is Cc1cc(C[C]=O)c(C)n1-c1ccc(Cl)cc1. The lowest BCUT2D eigenvalue weighted by atomic mass is 10.2. The van der Waals surface area contributed by atoms with Gasteiger partial charge in [0.25, 0.3) is 0 Å². The number of nitrogens with zero attached hydrogens (tertiary/aromatic N) is 1. The molecule has 0 aliphatic heterocycles. The second-order valence-corrected chi connectivity index (χ2v) is 4.47. The van der Waals surface area contributed by atoms with Crippen molar-refractivity contribution < 1.29 is 4.79 Å². The van der Waals surface area contributed by atoms with Crippen LogP contribution in [-0.4, -0.2) is 10.9 Å². The normalized spacial score (nSPS) is 10.5. The van der Waals surface area contributed by atoms with E-state index >= 15 is 0 Å². The van der Waals surface area contributed by atoms with Crippen LogP contribution < -0.4 is 0 Å². The number of benzene rings is 1. The molecule has 1 heterocycles. The van der Waals surface area contributed by atoms with Crippen LogP contribution in [0.3, 0.4) is 0 Å². The number of halogens is 1. The molecule has 0 saturated heterocycles. The van der Waals surface area contributed by atoms with Crippen LogP contribution in [0.4, 0.5) is 0 Å². The molecule has 0 bridgehead atoms.